The molecule has 0 bridgehead atoms. The molecule has 0 radical (unpaired) electrons. The molecule has 2 atom stereocenters. The lowest BCUT2D eigenvalue weighted by Gasteiger charge is -2.39. The van der Waals surface area contributed by atoms with E-state index in [9.17, 15) is 18.3 Å². The number of aromatic hydroxyl groups is 1. The third-order valence-corrected chi connectivity index (χ3v) is 7.66. The Morgan fingerprint density at radius 3 is 2.50 bits per heavy atom. The number of carbonyl (C=O) groups excluding carboxylic acids is 1. The fourth-order valence-corrected chi connectivity index (χ4v) is 5.86. The Kier molecular flexibility index (Phi) is 6.50. The number of benzene rings is 1. The van der Waals surface area contributed by atoms with Crippen molar-refractivity contribution in [3.8, 4) is 5.75 Å². The van der Waals surface area contributed by atoms with Gasteiger partial charge in [0.05, 0.1) is 23.7 Å². The van der Waals surface area contributed by atoms with Crippen LogP contribution >= 0.6 is 0 Å². The van der Waals surface area contributed by atoms with Crippen molar-refractivity contribution < 1.29 is 18.3 Å². The predicted octanol–water partition coefficient (Wildman–Crippen LogP) is 1.33. The van der Waals surface area contributed by atoms with Gasteiger partial charge in [0.15, 0.2) is 9.84 Å². The van der Waals surface area contributed by atoms with Crippen LogP contribution in [0.3, 0.4) is 0 Å². The molecule has 28 heavy (non-hydrogen) atoms. The van der Waals surface area contributed by atoms with Crippen LogP contribution in [0.1, 0.15) is 26.7 Å². The van der Waals surface area contributed by atoms with Crippen LogP contribution in [0.2, 0.25) is 0 Å². The number of rotatable bonds is 6. The van der Waals surface area contributed by atoms with Crippen LogP contribution < -0.4 is 4.90 Å². The van der Waals surface area contributed by atoms with Crippen molar-refractivity contribution in [3.05, 3.63) is 24.3 Å². The van der Waals surface area contributed by atoms with E-state index in [0.29, 0.717) is 13.0 Å². The average Bonchev–Trinajstić information content (AvgIpc) is 3.02. The number of sulfone groups is 1. The van der Waals surface area contributed by atoms with Gasteiger partial charge in [-0.3, -0.25) is 9.69 Å². The number of anilines is 1. The van der Waals surface area contributed by atoms with E-state index in [1.54, 1.807) is 12.1 Å². The summed E-state index contributed by atoms with van der Waals surface area (Å²) in [5.41, 5.74) is 0.825. The molecule has 2 saturated heterocycles. The molecule has 2 aliphatic heterocycles. The second kappa shape index (κ2) is 8.69. The summed E-state index contributed by atoms with van der Waals surface area (Å²) in [6.45, 7) is 7.29. The number of hydrogen-bond acceptors (Lipinski definition) is 6. The molecule has 0 saturated carbocycles. The molecule has 0 aromatic heterocycles. The molecule has 3 rings (SSSR count). The van der Waals surface area contributed by atoms with Gasteiger partial charge in [-0.05, 0) is 31.9 Å². The minimum atomic E-state index is -3.03. The lowest BCUT2D eigenvalue weighted by Crippen LogP contribution is -2.53. The molecule has 0 unspecified atom stereocenters. The van der Waals surface area contributed by atoms with E-state index in [-0.39, 0.29) is 35.2 Å². The first-order valence-corrected chi connectivity index (χ1v) is 11.9. The summed E-state index contributed by atoms with van der Waals surface area (Å²) < 4.78 is 23.8. The molecule has 1 aromatic carbocycles. The molecule has 2 fully saturated rings. The Labute approximate surface area is 167 Å². The number of hydrogen-bond donors (Lipinski definition) is 1. The van der Waals surface area contributed by atoms with E-state index in [4.69, 9.17) is 0 Å². The van der Waals surface area contributed by atoms with E-state index in [1.165, 1.54) is 0 Å². The molecule has 8 heteroatoms. The van der Waals surface area contributed by atoms with Gasteiger partial charge in [-0.25, -0.2) is 8.42 Å². The molecule has 156 valence electrons. The van der Waals surface area contributed by atoms with Gasteiger partial charge in [-0.1, -0.05) is 19.1 Å². The van der Waals surface area contributed by atoms with Crippen molar-refractivity contribution in [2.75, 3.05) is 49.1 Å². The number of phenols is 1. The van der Waals surface area contributed by atoms with Crippen LogP contribution in [-0.4, -0.2) is 85.5 Å². The van der Waals surface area contributed by atoms with E-state index >= 15 is 0 Å². The van der Waals surface area contributed by atoms with Gasteiger partial charge in [0.1, 0.15) is 5.75 Å². The zero-order valence-corrected chi connectivity index (χ0v) is 17.6. The second-order valence-corrected chi connectivity index (χ2v) is 10.1. The van der Waals surface area contributed by atoms with Crippen LogP contribution in [0.15, 0.2) is 24.3 Å². The fraction of sp³-hybridized carbons (Fsp3) is 0.650. The summed E-state index contributed by atoms with van der Waals surface area (Å²) in [4.78, 5) is 19.1. The summed E-state index contributed by atoms with van der Waals surface area (Å²) in [7, 11) is -3.03. The first-order valence-electron chi connectivity index (χ1n) is 10.1. The molecule has 1 N–H and O–H groups in total. The normalized spacial score (nSPS) is 23.5. The average molecular weight is 410 g/mol. The first kappa shape index (κ1) is 20.9. The Balaban J connectivity index is 1.59. The molecule has 2 heterocycles. The Bertz CT molecular complexity index is 790. The number of carbonyl (C=O) groups is 1. The van der Waals surface area contributed by atoms with Gasteiger partial charge in [-0.2, -0.15) is 0 Å². The molecule has 0 aliphatic carbocycles. The minimum absolute atomic E-state index is 0.0208. The van der Waals surface area contributed by atoms with Crippen LogP contribution in [0.25, 0.3) is 0 Å². The Hall–Kier alpha value is -1.80. The molecule has 1 aromatic rings. The summed E-state index contributed by atoms with van der Waals surface area (Å²) in [6.07, 6.45) is 1.35. The standard InChI is InChI=1S/C20H31N3O4S/c1-3-16(2)23(17-8-13-28(26,27)15-17)20(25)14-21-9-11-22(12-10-21)18-6-4-5-7-19(18)24/h4-7,16-17,24H,3,8-15H2,1-2H3/t16-,17-/m1/s1. The smallest absolute Gasteiger partial charge is 0.237 e. The number of amides is 1. The van der Waals surface area contributed by atoms with Crippen molar-refractivity contribution >= 4 is 21.4 Å². The maximum atomic E-state index is 13.1. The first-order chi connectivity index (χ1) is 13.3. The third kappa shape index (κ3) is 4.78. The highest BCUT2D eigenvalue weighted by Gasteiger charge is 2.37. The fourth-order valence-electron chi connectivity index (χ4n) is 4.15. The Morgan fingerprint density at radius 1 is 1.25 bits per heavy atom. The van der Waals surface area contributed by atoms with E-state index in [0.717, 1.165) is 38.3 Å². The molecule has 1 amide bonds. The van der Waals surface area contributed by atoms with Gasteiger partial charge < -0.3 is 14.9 Å². The van der Waals surface area contributed by atoms with Gasteiger partial charge in [0, 0.05) is 38.3 Å². The topological polar surface area (TPSA) is 81.2 Å². The number of piperazine rings is 1. The molecule has 0 spiro atoms. The maximum Gasteiger partial charge on any atom is 0.237 e. The van der Waals surface area contributed by atoms with Crippen LogP contribution in [-0.2, 0) is 14.6 Å². The van der Waals surface area contributed by atoms with Gasteiger partial charge in [0.2, 0.25) is 5.91 Å². The maximum absolute atomic E-state index is 13.1. The quantitative estimate of drug-likeness (QED) is 0.763. The highest BCUT2D eigenvalue weighted by molar-refractivity contribution is 7.91. The predicted molar refractivity (Wildman–Crippen MR) is 110 cm³/mol. The van der Waals surface area contributed by atoms with Crippen molar-refractivity contribution in [1.29, 1.82) is 0 Å². The highest BCUT2D eigenvalue weighted by Crippen LogP contribution is 2.27. The van der Waals surface area contributed by atoms with Crippen molar-refractivity contribution in [3.63, 3.8) is 0 Å². The lowest BCUT2D eigenvalue weighted by atomic mass is 10.1. The van der Waals surface area contributed by atoms with Crippen molar-refractivity contribution in [1.82, 2.24) is 9.80 Å². The van der Waals surface area contributed by atoms with Crippen LogP contribution in [0.5, 0.6) is 5.75 Å². The van der Waals surface area contributed by atoms with Gasteiger partial charge >= 0.3 is 0 Å². The van der Waals surface area contributed by atoms with E-state index < -0.39 is 9.84 Å². The summed E-state index contributed by atoms with van der Waals surface area (Å²) in [5.74, 6) is 0.561. The lowest BCUT2D eigenvalue weighted by molar-refractivity contribution is -0.136. The number of para-hydroxylation sites is 2. The largest absolute Gasteiger partial charge is 0.506 e. The summed E-state index contributed by atoms with van der Waals surface area (Å²) in [5, 5.41) is 10.0. The monoisotopic (exact) mass is 409 g/mol. The van der Waals surface area contributed by atoms with Gasteiger partial charge in [-0.15, -0.1) is 0 Å². The summed E-state index contributed by atoms with van der Waals surface area (Å²) >= 11 is 0. The molecular weight excluding hydrogens is 378 g/mol. The summed E-state index contributed by atoms with van der Waals surface area (Å²) in [6, 6.07) is 7.14. The van der Waals surface area contributed by atoms with Gasteiger partial charge in [0.25, 0.3) is 0 Å². The number of phenolic OH excluding ortho intramolecular Hbond substituents is 1. The molecular formula is C20H31N3O4S. The molecule has 7 nitrogen and oxygen atoms in total. The highest BCUT2D eigenvalue weighted by atomic mass is 32.2. The third-order valence-electron chi connectivity index (χ3n) is 5.91. The zero-order valence-electron chi connectivity index (χ0n) is 16.7. The molecule has 2 aliphatic rings. The van der Waals surface area contributed by atoms with Crippen molar-refractivity contribution in [2.24, 2.45) is 0 Å². The second-order valence-electron chi connectivity index (χ2n) is 7.87. The van der Waals surface area contributed by atoms with E-state index in [2.05, 4.69) is 9.80 Å². The number of nitrogens with zero attached hydrogens (tertiary/aromatic N) is 3. The SMILES string of the molecule is CC[C@@H](C)N(C(=O)CN1CCN(c2ccccc2O)CC1)[C@@H]1CCS(=O)(=O)C1. The van der Waals surface area contributed by atoms with Crippen LogP contribution in [0, 0.1) is 0 Å². The minimum Gasteiger partial charge on any atom is -0.506 e. The van der Waals surface area contributed by atoms with Crippen molar-refractivity contribution in [2.45, 2.75) is 38.8 Å². The van der Waals surface area contributed by atoms with Crippen LogP contribution in [0.4, 0.5) is 5.69 Å². The zero-order chi connectivity index (χ0) is 20.3. The van der Waals surface area contributed by atoms with E-state index in [1.807, 2.05) is 30.9 Å². The Morgan fingerprint density at radius 2 is 1.93 bits per heavy atom.